The van der Waals surface area contributed by atoms with Crippen LogP contribution in [0.1, 0.15) is 38.5 Å². The summed E-state index contributed by atoms with van der Waals surface area (Å²) in [5.74, 6) is 3.22. The number of carbonyl (C=O) groups excluding carboxylic acids is 1. The van der Waals surface area contributed by atoms with E-state index in [4.69, 9.17) is 9.72 Å². The maximum atomic E-state index is 13.1. The molecule has 35 heavy (non-hydrogen) atoms. The van der Waals surface area contributed by atoms with E-state index in [1.165, 1.54) is 43.2 Å². The van der Waals surface area contributed by atoms with E-state index >= 15 is 0 Å². The topological polar surface area (TPSA) is 99.3 Å². The van der Waals surface area contributed by atoms with Crippen LogP contribution in [0.4, 0.5) is 5.69 Å². The highest BCUT2D eigenvalue weighted by Gasteiger charge is 2.51. The van der Waals surface area contributed by atoms with Crippen LogP contribution < -0.4 is 10.1 Å². The molecule has 0 saturated heterocycles. The van der Waals surface area contributed by atoms with Crippen LogP contribution in [0.25, 0.3) is 16.7 Å². The van der Waals surface area contributed by atoms with Gasteiger partial charge in [0.15, 0.2) is 5.16 Å². The zero-order valence-electron chi connectivity index (χ0n) is 19.6. The quantitative estimate of drug-likeness (QED) is 0.279. The summed E-state index contributed by atoms with van der Waals surface area (Å²) in [6.07, 6.45) is 7.33. The zero-order chi connectivity index (χ0) is 24.2. The molecular formula is C26H28N4O4S. The standard InChI is InChI=1S/C26H28N4O4S/c1-34-23-5-3-2-4-22(23)29-21-7-6-19(30(32)33)11-20(21)27-25(29)35-15-24(31)28-26-12-16-8-17(13-26)10-18(9-16)14-26/h2-7,11,16-18H,8-10,12-15H2,1H3,(H,28,31). The number of hydrogen-bond acceptors (Lipinski definition) is 6. The molecule has 8 nitrogen and oxygen atoms in total. The molecule has 0 atom stereocenters. The molecule has 7 rings (SSSR count). The molecule has 4 saturated carbocycles. The van der Waals surface area contributed by atoms with Gasteiger partial charge in [0, 0.05) is 17.7 Å². The fourth-order valence-corrected chi connectivity index (χ4v) is 7.85. The summed E-state index contributed by atoms with van der Waals surface area (Å²) >= 11 is 1.35. The van der Waals surface area contributed by atoms with Gasteiger partial charge in [0.05, 0.1) is 34.5 Å². The number of fused-ring (bicyclic) bond motifs is 1. The number of nitro benzene ring substituents is 1. The molecule has 4 aliphatic rings. The number of nitro groups is 1. The molecule has 1 N–H and O–H groups in total. The van der Waals surface area contributed by atoms with Crippen molar-refractivity contribution in [2.45, 2.75) is 49.2 Å². The number of hydrogen-bond donors (Lipinski definition) is 1. The highest BCUT2D eigenvalue weighted by atomic mass is 32.2. The molecule has 1 aromatic heterocycles. The number of imidazole rings is 1. The summed E-state index contributed by atoms with van der Waals surface area (Å²) in [6.45, 7) is 0. The van der Waals surface area contributed by atoms with Crippen LogP contribution in [-0.4, -0.2) is 38.8 Å². The monoisotopic (exact) mass is 492 g/mol. The van der Waals surface area contributed by atoms with Gasteiger partial charge >= 0.3 is 0 Å². The molecular weight excluding hydrogens is 464 g/mol. The molecule has 3 aromatic rings. The van der Waals surface area contributed by atoms with Crippen molar-refractivity contribution >= 4 is 34.4 Å². The molecule has 0 unspecified atom stereocenters. The first kappa shape index (κ1) is 22.4. The highest BCUT2D eigenvalue weighted by Crippen LogP contribution is 2.55. The van der Waals surface area contributed by atoms with Gasteiger partial charge in [-0.2, -0.15) is 0 Å². The van der Waals surface area contributed by atoms with Crippen LogP contribution in [0.15, 0.2) is 47.6 Å². The first-order valence-corrected chi connectivity index (χ1v) is 13.2. The minimum atomic E-state index is -0.423. The van der Waals surface area contributed by atoms with Gasteiger partial charge in [0.1, 0.15) is 5.75 Å². The molecule has 182 valence electrons. The number of benzene rings is 2. The van der Waals surface area contributed by atoms with Gasteiger partial charge in [-0.25, -0.2) is 4.98 Å². The van der Waals surface area contributed by atoms with Crippen molar-refractivity contribution in [2.75, 3.05) is 12.9 Å². The predicted molar refractivity (Wildman–Crippen MR) is 134 cm³/mol. The molecule has 4 fully saturated rings. The Morgan fingerprint density at radius 2 is 1.86 bits per heavy atom. The zero-order valence-corrected chi connectivity index (χ0v) is 20.4. The maximum Gasteiger partial charge on any atom is 0.271 e. The van der Waals surface area contributed by atoms with Crippen molar-refractivity contribution in [2.24, 2.45) is 17.8 Å². The fraction of sp³-hybridized carbons (Fsp3) is 0.462. The lowest BCUT2D eigenvalue weighted by molar-refractivity contribution is -0.384. The third kappa shape index (κ3) is 4.05. The second-order valence-corrected chi connectivity index (χ2v) is 11.3. The number of para-hydroxylation sites is 2. The lowest BCUT2D eigenvalue weighted by Gasteiger charge is -2.56. The van der Waals surface area contributed by atoms with Gasteiger partial charge in [-0.1, -0.05) is 23.9 Å². The van der Waals surface area contributed by atoms with E-state index < -0.39 is 4.92 Å². The van der Waals surface area contributed by atoms with Gasteiger partial charge < -0.3 is 10.1 Å². The van der Waals surface area contributed by atoms with Crippen molar-refractivity contribution in [3.63, 3.8) is 0 Å². The number of methoxy groups -OCH3 is 1. The second kappa shape index (κ2) is 8.55. The van der Waals surface area contributed by atoms with E-state index in [2.05, 4.69) is 5.32 Å². The van der Waals surface area contributed by atoms with Crippen LogP contribution in [0.2, 0.25) is 0 Å². The molecule has 4 bridgehead atoms. The van der Waals surface area contributed by atoms with Crippen LogP contribution in [0.3, 0.4) is 0 Å². The van der Waals surface area contributed by atoms with Crippen LogP contribution in [-0.2, 0) is 4.79 Å². The van der Waals surface area contributed by atoms with Gasteiger partial charge in [0.25, 0.3) is 5.69 Å². The normalized spacial score (nSPS) is 26.7. The van der Waals surface area contributed by atoms with Crippen molar-refractivity contribution in [3.05, 3.63) is 52.6 Å². The Labute approximate surface area is 207 Å². The number of aromatic nitrogens is 2. The SMILES string of the molecule is COc1ccccc1-n1c(SCC(=O)NC23CC4CC(CC(C4)C2)C3)nc2cc([N+](=O)[O-])ccc21. The van der Waals surface area contributed by atoms with Gasteiger partial charge in [-0.15, -0.1) is 0 Å². The number of carbonyl (C=O) groups is 1. The molecule has 1 heterocycles. The van der Waals surface area contributed by atoms with Crippen LogP contribution in [0.5, 0.6) is 5.75 Å². The van der Waals surface area contributed by atoms with Gasteiger partial charge in [0.2, 0.25) is 5.91 Å². The summed E-state index contributed by atoms with van der Waals surface area (Å²) in [5, 5.41) is 15.3. The van der Waals surface area contributed by atoms with E-state index in [1.807, 2.05) is 28.8 Å². The fourth-order valence-electron chi connectivity index (χ4n) is 7.03. The van der Waals surface area contributed by atoms with E-state index in [1.54, 1.807) is 13.2 Å². The minimum Gasteiger partial charge on any atom is -0.495 e. The maximum absolute atomic E-state index is 13.1. The van der Waals surface area contributed by atoms with Crippen molar-refractivity contribution in [3.8, 4) is 11.4 Å². The molecule has 0 spiro atoms. The van der Waals surface area contributed by atoms with Gasteiger partial charge in [-0.3, -0.25) is 19.5 Å². The van der Waals surface area contributed by atoms with Crippen molar-refractivity contribution in [1.82, 2.24) is 14.9 Å². The molecule has 4 aliphatic carbocycles. The van der Waals surface area contributed by atoms with Crippen molar-refractivity contribution in [1.29, 1.82) is 0 Å². The minimum absolute atomic E-state index is 0.0155. The van der Waals surface area contributed by atoms with Gasteiger partial charge in [-0.05, 0) is 74.5 Å². The summed E-state index contributed by atoms with van der Waals surface area (Å²) in [6, 6.07) is 12.2. The summed E-state index contributed by atoms with van der Waals surface area (Å²) < 4.78 is 7.49. The number of non-ortho nitro benzene ring substituents is 1. The Morgan fingerprint density at radius 3 is 2.51 bits per heavy atom. The predicted octanol–water partition coefficient (Wildman–Crippen LogP) is 5.12. The Morgan fingerprint density at radius 1 is 1.17 bits per heavy atom. The van der Waals surface area contributed by atoms with E-state index in [9.17, 15) is 14.9 Å². The molecule has 2 aromatic carbocycles. The number of nitrogens with one attached hydrogen (secondary N) is 1. The smallest absolute Gasteiger partial charge is 0.271 e. The van der Waals surface area contributed by atoms with E-state index in [0.717, 1.165) is 48.2 Å². The Balaban J connectivity index is 1.28. The number of nitrogens with zero attached hydrogens (tertiary/aromatic N) is 3. The molecule has 9 heteroatoms. The number of amides is 1. The lowest BCUT2D eigenvalue weighted by atomic mass is 9.53. The second-order valence-electron chi connectivity index (χ2n) is 10.4. The number of rotatable bonds is 7. The first-order valence-electron chi connectivity index (χ1n) is 12.2. The average molecular weight is 493 g/mol. The highest BCUT2D eigenvalue weighted by molar-refractivity contribution is 7.99. The lowest BCUT2D eigenvalue weighted by Crippen LogP contribution is -2.60. The third-order valence-electron chi connectivity index (χ3n) is 7.92. The Hall–Kier alpha value is -3.07. The summed E-state index contributed by atoms with van der Waals surface area (Å²) in [4.78, 5) is 28.7. The first-order chi connectivity index (χ1) is 16.9. The molecule has 1 amide bonds. The van der Waals surface area contributed by atoms with Crippen molar-refractivity contribution < 1.29 is 14.5 Å². The molecule has 0 radical (unpaired) electrons. The number of thioether (sulfide) groups is 1. The average Bonchev–Trinajstić information content (AvgIpc) is 3.19. The molecule has 0 aliphatic heterocycles. The van der Waals surface area contributed by atoms with Crippen LogP contribution >= 0.6 is 11.8 Å². The largest absolute Gasteiger partial charge is 0.495 e. The van der Waals surface area contributed by atoms with E-state index in [-0.39, 0.29) is 22.9 Å². The Bertz CT molecular complexity index is 1280. The third-order valence-corrected chi connectivity index (χ3v) is 8.86. The van der Waals surface area contributed by atoms with Crippen LogP contribution in [0, 0.1) is 27.9 Å². The Kier molecular flexibility index (Phi) is 5.47. The number of ether oxygens (including phenoxy) is 1. The summed E-state index contributed by atoms with van der Waals surface area (Å²) in [5.41, 5.74) is 1.96. The van der Waals surface area contributed by atoms with E-state index in [0.29, 0.717) is 16.4 Å². The summed E-state index contributed by atoms with van der Waals surface area (Å²) in [7, 11) is 1.61.